The molecule has 0 aliphatic rings. The maximum atomic E-state index is 12.4. The van der Waals surface area contributed by atoms with E-state index in [0.29, 0.717) is 5.56 Å². The van der Waals surface area contributed by atoms with Crippen LogP contribution in [0.5, 0.6) is 0 Å². The first-order valence-electron chi connectivity index (χ1n) is 6.43. The Morgan fingerprint density at radius 2 is 1.91 bits per heavy atom. The second-order valence-electron chi connectivity index (χ2n) is 4.57. The Kier molecular flexibility index (Phi) is 5.77. The quantitative estimate of drug-likeness (QED) is 0.530. The second kappa shape index (κ2) is 7.14. The van der Waals surface area contributed by atoms with Crippen LogP contribution in [0.25, 0.3) is 6.08 Å². The molecule has 1 aromatic rings. The Hall–Kier alpha value is -2.26. The van der Waals surface area contributed by atoms with Gasteiger partial charge in [-0.25, -0.2) is 4.79 Å². The van der Waals surface area contributed by atoms with Gasteiger partial charge in [0.15, 0.2) is 0 Å². The minimum Gasteiger partial charge on any atom is -0.456 e. The van der Waals surface area contributed by atoms with Crippen LogP contribution in [0.1, 0.15) is 25.0 Å². The summed E-state index contributed by atoms with van der Waals surface area (Å²) in [7, 11) is 0. The van der Waals surface area contributed by atoms with Gasteiger partial charge in [0.2, 0.25) is 0 Å². The summed E-state index contributed by atoms with van der Waals surface area (Å²) in [4.78, 5) is 11.1. The van der Waals surface area contributed by atoms with Gasteiger partial charge < -0.3 is 9.84 Å². The van der Waals surface area contributed by atoms with Crippen molar-refractivity contribution in [2.24, 2.45) is 0 Å². The summed E-state index contributed by atoms with van der Waals surface area (Å²) >= 11 is 0. The van der Waals surface area contributed by atoms with Crippen LogP contribution in [0.15, 0.2) is 30.3 Å². The summed E-state index contributed by atoms with van der Waals surface area (Å²) in [6, 6.07) is 4.43. The zero-order chi connectivity index (χ0) is 16.8. The van der Waals surface area contributed by atoms with E-state index >= 15 is 0 Å². The van der Waals surface area contributed by atoms with E-state index < -0.39 is 23.3 Å². The molecule has 0 radical (unpaired) electrons. The van der Waals surface area contributed by atoms with Gasteiger partial charge in [0.25, 0.3) is 0 Å². The van der Waals surface area contributed by atoms with Gasteiger partial charge in [0.05, 0.1) is 12.2 Å². The minimum atomic E-state index is -4.39. The average Bonchev–Trinajstić information content (AvgIpc) is 2.43. The molecule has 1 rings (SSSR count). The molecule has 0 saturated heterocycles. The molecular formula is C16H15F3O3. The molecule has 0 aromatic heterocycles. The molecule has 1 unspecified atom stereocenters. The number of esters is 1. The monoisotopic (exact) mass is 312 g/mol. The molecule has 1 N–H and O–H groups in total. The molecule has 6 heteroatoms. The second-order valence-corrected chi connectivity index (χ2v) is 4.57. The van der Waals surface area contributed by atoms with Crippen molar-refractivity contribution >= 4 is 12.0 Å². The van der Waals surface area contributed by atoms with E-state index in [0.717, 1.165) is 12.1 Å². The van der Waals surface area contributed by atoms with Crippen molar-refractivity contribution < 1.29 is 27.8 Å². The lowest BCUT2D eigenvalue weighted by molar-refractivity contribution is -0.138. The number of rotatable bonds is 3. The van der Waals surface area contributed by atoms with Gasteiger partial charge in [-0.3, -0.25) is 0 Å². The first kappa shape index (κ1) is 17.8. The maximum absolute atomic E-state index is 12.4. The van der Waals surface area contributed by atoms with Gasteiger partial charge >= 0.3 is 12.1 Å². The van der Waals surface area contributed by atoms with E-state index in [1.165, 1.54) is 31.2 Å². The highest BCUT2D eigenvalue weighted by Gasteiger charge is 2.29. The molecule has 1 atom stereocenters. The van der Waals surface area contributed by atoms with Crippen molar-refractivity contribution in [3.05, 3.63) is 41.5 Å². The third-order valence-corrected chi connectivity index (χ3v) is 2.53. The highest BCUT2D eigenvalue weighted by Crippen LogP contribution is 2.29. The number of alkyl halides is 3. The number of carbonyl (C=O) groups is 1. The average molecular weight is 312 g/mol. The van der Waals surface area contributed by atoms with Crippen LogP contribution in [0, 0.1) is 11.8 Å². The molecule has 0 spiro atoms. The van der Waals surface area contributed by atoms with Crippen LogP contribution in [0.2, 0.25) is 0 Å². The fourth-order valence-electron chi connectivity index (χ4n) is 1.43. The van der Waals surface area contributed by atoms with E-state index in [2.05, 4.69) is 16.6 Å². The Labute approximate surface area is 126 Å². The van der Waals surface area contributed by atoms with E-state index in [4.69, 9.17) is 0 Å². The van der Waals surface area contributed by atoms with Gasteiger partial charge in [0, 0.05) is 5.92 Å². The largest absolute Gasteiger partial charge is 0.456 e. The molecule has 0 heterocycles. The van der Waals surface area contributed by atoms with Crippen LogP contribution < -0.4 is 0 Å². The van der Waals surface area contributed by atoms with Crippen molar-refractivity contribution in [3.63, 3.8) is 0 Å². The van der Waals surface area contributed by atoms with Crippen molar-refractivity contribution in [2.75, 3.05) is 6.61 Å². The Morgan fingerprint density at radius 1 is 1.32 bits per heavy atom. The van der Waals surface area contributed by atoms with E-state index in [1.807, 2.05) is 0 Å². The van der Waals surface area contributed by atoms with Gasteiger partial charge in [0.1, 0.15) is 5.60 Å². The molecule has 22 heavy (non-hydrogen) atoms. The number of hydrogen-bond acceptors (Lipinski definition) is 3. The molecule has 3 nitrogen and oxygen atoms in total. The van der Waals surface area contributed by atoms with Gasteiger partial charge in [-0.1, -0.05) is 24.1 Å². The number of ether oxygens (including phenoxy) is 1. The molecule has 0 fully saturated rings. The van der Waals surface area contributed by atoms with Crippen LogP contribution in [0.3, 0.4) is 0 Å². The smallest absolute Gasteiger partial charge is 0.416 e. The molecule has 118 valence electrons. The van der Waals surface area contributed by atoms with Crippen molar-refractivity contribution in [1.82, 2.24) is 0 Å². The third-order valence-electron chi connectivity index (χ3n) is 2.53. The molecular weight excluding hydrogens is 297 g/mol. The highest BCUT2D eigenvalue weighted by atomic mass is 19.4. The summed E-state index contributed by atoms with van der Waals surface area (Å²) < 4.78 is 41.8. The molecule has 0 saturated carbocycles. The summed E-state index contributed by atoms with van der Waals surface area (Å²) in [6.07, 6.45) is -1.69. The fraction of sp³-hybridized carbons (Fsp3) is 0.312. The molecule has 0 aliphatic carbocycles. The SMILES string of the molecule is CCOC(=O)C#CC(C)(O)/C=C/c1ccc(C(F)(F)F)cc1. The molecule has 1 aromatic carbocycles. The van der Waals surface area contributed by atoms with Crippen LogP contribution >= 0.6 is 0 Å². The number of carbonyl (C=O) groups excluding carboxylic acids is 1. The lowest BCUT2D eigenvalue weighted by Gasteiger charge is -2.10. The summed E-state index contributed by atoms with van der Waals surface area (Å²) in [5.41, 5.74) is -1.89. The van der Waals surface area contributed by atoms with Gasteiger partial charge in [-0.2, -0.15) is 13.2 Å². The normalized spacial score (nSPS) is 14.1. The zero-order valence-corrected chi connectivity index (χ0v) is 12.1. The first-order valence-corrected chi connectivity index (χ1v) is 6.43. The lowest BCUT2D eigenvalue weighted by Crippen LogP contribution is -2.18. The van der Waals surface area contributed by atoms with Crippen LogP contribution in [-0.4, -0.2) is 23.3 Å². The minimum absolute atomic E-state index is 0.178. The number of aliphatic hydroxyl groups is 1. The van der Waals surface area contributed by atoms with E-state index in [-0.39, 0.29) is 6.61 Å². The summed E-state index contributed by atoms with van der Waals surface area (Å²) in [6.45, 7) is 3.15. The number of benzene rings is 1. The predicted molar refractivity (Wildman–Crippen MR) is 75.5 cm³/mol. The van der Waals surface area contributed by atoms with Crippen LogP contribution in [-0.2, 0) is 15.7 Å². The zero-order valence-electron chi connectivity index (χ0n) is 12.1. The highest BCUT2D eigenvalue weighted by molar-refractivity contribution is 5.88. The number of halogens is 3. The topological polar surface area (TPSA) is 46.5 Å². The third kappa shape index (κ3) is 6.02. The van der Waals surface area contributed by atoms with Gasteiger partial charge in [-0.05, 0) is 37.6 Å². The maximum Gasteiger partial charge on any atom is 0.416 e. The fourth-order valence-corrected chi connectivity index (χ4v) is 1.43. The standard InChI is InChI=1S/C16H15F3O3/c1-3-22-14(20)9-11-15(2,21)10-8-12-4-6-13(7-5-12)16(17,18)19/h4-8,10,21H,3H2,1-2H3/b10-8+. The number of hydrogen-bond donors (Lipinski definition) is 1. The Bertz CT molecular complexity index is 602. The van der Waals surface area contributed by atoms with Gasteiger partial charge in [-0.15, -0.1) is 0 Å². The summed E-state index contributed by atoms with van der Waals surface area (Å²) in [5, 5.41) is 9.93. The van der Waals surface area contributed by atoms with Crippen molar-refractivity contribution in [3.8, 4) is 11.8 Å². The van der Waals surface area contributed by atoms with E-state index in [1.54, 1.807) is 6.92 Å². The molecule has 0 amide bonds. The van der Waals surface area contributed by atoms with Crippen molar-refractivity contribution in [2.45, 2.75) is 25.6 Å². The molecule has 0 aliphatic heterocycles. The van der Waals surface area contributed by atoms with E-state index in [9.17, 15) is 23.1 Å². The molecule has 0 bridgehead atoms. The summed E-state index contributed by atoms with van der Waals surface area (Å²) in [5.74, 6) is 3.68. The Morgan fingerprint density at radius 3 is 2.41 bits per heavy atom. The van der Waals surface area contributed by atoms with Crippen LogP contribution in [0.4, 0.5) is 13.2 Å². The van der Waals surface area contributed by atoms with Crippen molar-refractivity contribution in [1.29, 1.82) is 0 Å². The predicted octanol–water partition coefficient (Wildman–Crippen LogP) is 3.04. The first-order chi connectivity index (χ1) is 10.1. The Balaban J connectivity index is 2.80. The lowest BCUT2D eigenvalue weighted by atomic mass is 10.0.